The van der Waals surface area contributed by atoms with Gasteiger partial charge in [0.15, 0.2) is 23.3 Å². The lowest BCUT2D eigenvalue weighted by Gasteiger charge is -2.17. The fraction of sp³-hybridized carbons (Fsp3) is 0.571. The van der Waals surface area contributed by atoms with Crippen LogP contribution in [0.5, 0.6) is 0 Å². The Morgan fingerprint density at radius 2 is 1.15 bits per heavy atom. The summed E-state index contributed by atoms with van der Waals surface area (Å²) in [5.74, 6) is -9.34. The van der Waals surface area contributed by atoms with E-state index in [4.69, 9.17) is 0 Å². The molecule has 1 N–H and O–H groups in total. The summed E-state index contributed by atoms with van der Waals surface area (Å²) in [4.78, 5) is 0. The molecule has 20 heavy (non-hydrogen) atoms. The van der Waals surface area contributed by atoms with Crippen molar-refractivity contribution in [3.8, 4) is 0 Å². The summed E-state index contributed by atoms with van der Waals surface area (Å²) < 4.78 is 65.9. The summed E-state index contributed by atoms with van der Waals surface area (Å²) in [5.41, 5.74) is -0.925. The van der Waals surface area contributed by atoms with Crippen LogP contribution in [0.1, 0.15) is 38.5 Å². The average molecular weight is 293 g/mol. The minimum atomic E-state index is -2.12. The fourth-order valence-corrected chi connectivity index (χ4v) is 2.57. The summed E-state index contributed by atoms with van der Waals surface area (Å²) in [6.07, 6.45) is 6.12. The van der Waals surface area contributed by atoms with E-state index in [2.05, 4.69) is 5.32 Å². The van der Waals surface area contributed by atoms with E-state index < -0.39 is 34.8 Å². The minimum Gasteiger partial charge on any atom is -0.380 e. The predicted octanol–water partition coefficient (Wildman–Crippen LogP) is 4.76. The first kappa shape index (κ1) is 15.1. The Labute approximate surface area is 114 Å². The van der Waals surface area contributed by atoms with Gasteiger partial charge in [0.2, 0.25) is 5.82 Å². The molecule has 1 nitrogen and oxygen atoms in total. The highest BCUT2D eigenvalue weighted by Crippen LogP contribution is 2.29. The van der Waals surface area contributed by atoms with Crippen LogP contribution in [-0.4, -0.2) is 6.54 Å². The second-order valence-corrected chi connectivity index (χ2v) is 5.18. The Balaban J connectivity index is 2.13. The number of hydrogen-bond donors (Lipinski definition) is 1. The number of nitrogens with one attached hydrogen (secondary N) is 1. The molecule has 0 amide bonds. The van der Waals surface area contributed by atoms with E-state index in [1.165, 1.54) is 0 Å². The Hall–Kier alpha value is -1.33. The van der Waals surface area contributed by atoms with E-state index in [1.807, 2.05) is 0 Å². The molecule has 1 aliphatic rings. The van der Waals surface area contributed by atoms with Crippen molar-refractivity contribution in [2.24, 2.45) is 5.92 Å². The third kappa shape index (κ3) is 3.04. The lowest BCUT2D eigenvalue weighted by atomic mass is 10.0. The molecule has 112 valence electrons. The van der Waals surface area contributed by atoms with Crippen molar-refractivity contribution in [1.82, 2.24) is 0 Å². The molecule has 6 heteroatoms. The van der Waals surface area contributed by atoms with E-state index in [9.17, 15) is 22.0 Å². The molecule has 1 aromatic rings. The second kappa shape index (κ2) is 6.41. The highest BCUT2D eigenvalue weighted by Gasteiger charge is 2.26. The van der Waals surface area contributed by atoms with Gasteiger partial charge in [0.25, 0.3) is 0 Å². The van der Waals surface area contributed by atoms with Crippen LogP contribution >= 0.6 is 0 Å². The van der Waals surface area contributed by atoms with Crippen molar-refractivity contribution in [1.29, 1.82) is 0 Å². The Bertz CT molecular complexity index is 452. The first-order chi connectivity index (χ1) is 9.52. The van der Waals surface area contributed by atoms with Crippen LogP contribution in [0.3, 0.4) is 0 Å². The van der Waals surface area contributed by atoms with Crippen molar-refractivity contribution >= 4 is 5.69 Å². The molecule has 0 aliphatic heterocycles. The van der Waals surface area contributed by atoms with Crippen molar-refractivity contribution in [2.75, 3.05) is 11.9 Å². The van der Waals surface area contributed by atoms with Crippen molar-refractivity contribution in [3.05, 3.63) is 29.1 Å². The monoisotopic (exact) mass is 293 g/mol. The number of benzene rings is 1. The molecule has 1 fully saturated rings. The molecule has 0 spiro atoms. The van der Waals surface area contributed by atoms with Gasteiger partial charge in [-0.25, -0.2) is 22.0 Å². The van der Waals surface area contributed by atoms with Crippen molar-refractivity contribution in [2.45, 2.75) is 38.5 Å². The number of anilines is 1. The highest BCUT2D eigenvalue weighted by atomic mass is 19.2. The second-order valence-electron chi connectivity index (χ2n) is 5.18. The largest absolute Gasteiger partial charge is 0.380 e. The van der Waals surface area contributed by atoms with E-state index in [0.29, 0.717) is 0 Å². The topological polar surface area (TPSA) is 12.0 Å². The Kier molecular flexibility index (Phi) is 4.83. The van der Waals surface area contributed by atoms with Crippen LogP contribution in [-0.2, 0) is 0 Å². The zero-order valence-electron chi connectivity index (χ0n) is 10.9. The van der Waals surface area contributed by atoms with Crippen LogP contribution in [0.2, 0.25) is 0 Å². The number of hydrogen-bond acceptors (Lipinski definition) is 1. The van der Waals surface area contributed by atoms with E-state index in [0.717, 1.165) is 38.5 Å². The molecule has 0 unspecified atom stereocenters. The van der Waals surface area contributed by atoms with Gasteiger partial charge < -0.3 is 5.32 Å². The van der Waals surface area contributed by atoms with Gasteiger partial charge in [-0.15, -0.1) is 0 Å². The van der Waals surface area contributed by atoms with Crippen molar-refractivity contribution < 1.29 is 22.0 Å². The number of rotatable bonds is 3. The molecule has 1 aliphatic carbocycles. The average Bonchev–Trinajstić information content (AvgIpc) is 2.72. The van der Waals surface area contributed by atoms with Gasteiger partial charge in [-0.05, 0) is 18.8 Å². The predicted molar refractivity (Wildman–Crippen MR) is 65.9 cm³/mol. The van der Waals surface area contributed by atoms with Gasteiger partial charge in [-0.2, -0.15) is 0 Å². The fourth-order valence-electron chi connectivity index (χ4n) is 2.57. The third-order valence-electron chi connectivity index (χ3n) is 3.75. The molecule has 0 aromatic heterocycles. The summed E-state index contributed by atoms with van der Waals surface area (Å²) in [6.45, 7) is 0.221. The van der Waals surface area contributed by atoms with Crippen LogP contribution in [0, 0.1) is 35.0 Å². The molecule has 0 saturated heterocycles. The summed E-state index contributed by atoms with van der Waals surface area (Å²) >= 11 is 0. The zero-order chi connectivity index (χ0) is 14.7. The van der Waals surface area contributed by atoms with Crippen LogP contribution in [0.4, 0.5) is 27.6 Å². The minimum absolute atomic E-state index is 0.201. The maximum Gasteiger partial charge on any atom is 0.200 e. The lowest BCUT2D eigenvalue weighted by molar-refractivity contribution is 0.380. The molecule has 0 heterocycles. The number of halogens is 5. The van der Waals surface area contributed by atoms with Gasteiger partial charge in [0, 0.05) is 6.54 Å². The molecule has 0 radical (unpaired) electrons. The lowest BCUT2D eigenvalue weighted by Crippen LogP contribution is -2.17. The Morgan fingerprint density at radius 1 is 0.700 bits per heavy atom. The SMILES string of the molecule is Fc1c(F)c(F)c(NCC2CCCCCC2)c(F)c1F. The van der Waals surface area contributed by atoms with Gasteiger partial charge in [-0.3, -0.25) is 0 Å². The van der Waals surface area contributed by atoms with Crippen LogP contribution in [0.25, 0.3) is 0 Å². The smallest absolute Gasteiger partial charge is 0.200 e. The molecule has 1 saturated carbocycles. The third-order valence-corrected chi connectivity index (χ3v) is 3.75. The standard InChI is InChI=1S/C14H16F5N/c15-9-10(16)12(18)14(13(19)11(9)17)20-7-8-5-3-1-2-4-6-8/h8,20H,1-7H2. The maximum absolute atomic E-state index is 13.5. The molecular weight excluding hydrogens is 277 g/mol. The van der Waals surface area contributed by atoms with Gasteiger partial charge >= 0.3 is 0 Å². The van der Waals surface area contributed by atoms with Crippen molar-refractivity contribution in [3.63, 3.8) is 0 Å². The summed E-state index contributed by atoms with van der Waals surface area (Å²) in [6, 6.07) is 0. The Morgan fingerprint density at radius 3 is 1.65 bits per heavy atom. The molecular formula is C14H16F5N. The van der Waals surface area contributed by atoms with Crippen LogP contribution in [0.15, 0.2) is 0 Å². The zero-order valence-corrected chi connectivity index (χ0v) is 10.9. The van der Waals surface area contributed by atoms with Crippen LogP contribution < -0.4 is 5.32 Å². The van der Waals surface area contributed by atoms with Gasteiger partial charge in [0.05, 0.1) is 0 Å². The van der Waals surface area contributed by atoms with Gasteiger partial charge in [0.1, 0.15) is 5.69 Å². The van der Waals surface area contributed by atoms with E-state index in [1.54, 1.807) is 0 Å². The summed E-state index contributed by atoms with van der Waals surface area (Å²) in [7, 11) is 0. The molecule has 1 aromatic carbocycles. The normalized spacial score (nSPS) is 17.1. The molecule has 0 atom stereocenters. The molecule has 0 bridgehead atoms. The molecule has 2 rings (SSSR count). The van der Waals surface area contributed by atoms with E-state index >= 15 is 0 Å². The van der Waals surface area contributed by atoms with Gasteiger partial charge in [-0.1, -0.05) is 25.7 Å². The highest BCUT2D eigenvalue weighted by molar-refractivity contribution is 5.47. The first-order valence-electron chi connectivity index (χ1n) is 6.77. The van der Waals surface area contributed by atoms with E-state index in [-0.39, 0.29) is 12.5 Å². The summed E-state index contributed by atoms with van der Waals surface area (Å²) in [5, 5.41) is 2.39. The quantitative estimate of drug-likeness (QED) is 0.366. The first-order valence-corrected chi connectivity index (χ1v) is 6.77. The maximum atomic E-state index is 13.5.